The molecule has 2 aliphatic rings. The summed E-state index contributed by atoms with van der Waals surface area (Å²) in [6.07, 6.45) is 0.433. The molecule has 0 heterocycles. The molecule has 0 N–H and O–H groups in total. The van der Waals surface area contributed by atoms with Crippen LogP contribution in [0.2, 0.25) is 0 Å². The Balaban J connectivity index is 2.68. The second-order valence-corrected chi connectivity index (χ2v) is 9.03. The van der Waals surface area contributed by atoms with E-state index in [0.29, 0.717) is 6.42 Å². The molecule has 0 aromatic carbocycles. The van der Waals surface area contributed by atoms with Crippen LogP contribution in [0.5, 0.6) is 0 Å². The van der Waals surface area contributed by atoms with E-state index in [9.17, 15) is 0 Å². The lowest BCUT2D eigenvalue weighted by Gasteiger charge is -2.48. The molecule has 1 unspecified atom stereocenters. The largest absolute Gasteiger partial charge is 0.127 e. The normalized spacial score (nSPS) is 50.2. The fourth-order valence-corrected chi connectivity index (χ4v) is 8.38. The van der Waals surface area contributed by atoms with Crippen LogP contribution in [0.4, 0.5) is 0 Å². The Morgan fingerprint density at radius 1 is 1.06 bits per heavy atom. The molecule has 0 aliphatic heterocycles. The fourth-order valence-electron chi connectivity index (χ4n) is 3.57. The SMILES string of the molecule is ClCC1(C(Cl)Cl)[C@H]2CC(Cl)(Cl)[C@]1(CCl)[C@H](Cl)[C@H]2Cl. The first-order valence-electron chi connectivity index (χ1n) is 5.29. The smallest absolute Gasteiger partial charge is 0.126 e. The quantitative estimate of drug-likeness (QED) is 0.523. The van der Waals surface area contributed by atoms with Crippen molar-refractivity contribution in [3.8, 4) is 0 Å². The highest BCUT2D eigenvalue weighted by atomic mass is 35.5. The van der Waals surface area contributed by atoms with E-state index in [2.05, 4.69) is 0 Å². The molecule has 0 saturated heterocycles. The minimum atomic E-state index is -1.13. The highest BCUT2D eigenvalue weighted by molar-refractivity contribution is 6.52. The summed E-state index contributed by atoms with van der Waals surface area (Å²) >= 11 is 50.4. The highest BCUT2D eigenvalue weighted by Crippen LogP contribution is 2.77. The number of alkyl halides is 8. The van der Waals surface area contributed by atoms with Gasteiger partial charge in [-0.3, -0.25) is 0 Å². The summed E-state index contributed by atoms with van der Waals surface area (Å²) in [5.41, 5.74) is -1.68. The third-order valence-electron chi connectivity index (χ3n) is 4.58. The van der Waals surface area contributed by atoms with Crippen molar-refractivity contribution >= 4 is 92.8 Å². The zero-order valence-corrected chi connectivity index (χ0v) is 15.0. The molecule has 2 saturated carbocycles. The molecule has 0 radical (unpaired) electrons. The minimum Gasteiger partial charge on any atom is -0.126 e. The first kappa shape index (κ1) is 16.7. The second-order valence-electron chi connectivity index (χ2n) is 4.94. The second kappa shape index (κ2) is 5.20. The maximum absolute atomic E-state index is 6.45. The molecule has 18 heavy (non-hydrogen) atoms. The molecule has 0 spiro atoms. The van der Waals surface area contributed by atoms with Gasteiger partial charge in [0.1, 0.15) is 9.17 Å². The van der Waals surface area contributed by atoms with E-state index in [-0.39, 0.29) is 23.1 Å². The summed E-state index contributed by atoms with van der Waals surface area (Å²) < 4.78 is -1.13. The summed E-state index contributed by atoms with van der Waals surface area (Å²) in [4.78, 5) is -0.789. The zero-order valence-electron chi connectivity index (χ0n) is 8.95. The summed E-state index contributed by atoms with van der Waals surface area (Å²) in [5, 5.41) is -0.876. The van der Waals surface area contributed by atoms with Crippen molar-refractivity contribution < 1.29 is 0 Å². The molecule has 0 aromatic heterocycles. The van der Waals surface area contributed by atoms with Crippen LogP contribution in [0.15, 0.2) is 0 Å². The predicted octanol–water partition coefficient (Wildman–Crippen LogP) is 5.66. The minimum absolute atomic E-state index is 0.108. The molecule has 0 amide bonds. The van der Waals surface area contributed by atoms with Gasteiger partial charge < -0.3 is 0 Å². The topological polar surface area (TPSA) is 0 Å². The molecule has 2 fully saturated rings. The van der Waals surface area contributed by atoms with E-state index >= 15 is 0 Å². The van der Waals surface area contributed by atoms with Gasteiger partial charge in [0.05, 0.1) is 10.8 Å². The van der Waals surface area contributed by atoms with Crippen LogP contribution < -0.4 is 0 Å². The summed E-state index contributed by atoms with van der Waals surface area (Å²) in [7, 11) is 0. The third kappa shape index (κ3) is 1.67. The molecule has 2 rings (SSSR count). The Morgan fingerprint density at radius 2 is 1.61 bits per heavy atom. The number of rotatable bonds is 3. The van der Waals surface area contributed by atoms with Gasteiger partial charge in [0.25, 0.3) is 0 Å². The van der Waals surface area contributed by atoms with Gasteiger partial charge in [-0.1, -0.05) is 0 Å². The number of hydrogen-bond donors (Lipinski definition) is 0. The average molecular weight is 414 g/mol. The van der Waals surface area contributed by atoms with Crippen LogP contribution in [-0.2, 0) is 0 Å². The zero-order chi connectivity index (χ0) is 13.9. The van der Waals surface area contributed by atoms with E-state index in [1.165, 1.54) is 0 Å². The van der Waals surface area contributed by atoms with Gasteiger partial charge in [0.15, 0.2) is 0 Å². The molecular weight excluding hydrogens is 404 g/mol. The summed E-state index contributed by atoms with van der Waals surface area (Å²) in [5.74, 6) is 0.111. The van der Waals surface area contributed by atoms with Crippen LogP contribution in [0.3, 0.4) is 0 Å². The van der Waals surface area contributed by atoms with Crippen LogP contribution in [-0.4, -0.2) is 31.7 Å². The first-order chi connectivity index (χ1) is 8.23. The lowest BCUT2D eigenvalue weighted by molar-refractivity contribution is 0.149. The van der Waals surface area contributed by atoms with Gasteiger partial charge in [0.2, 0.25) is 0 Å². The van der Waals surface area contributed by atoms with Gasteiger partial charge in [-0.2, -0.15) is 0 Å². The van der Waals surface area contributed by atoms with E-state index in [4.69, 9.17) is 92.8 Å². The van der Waals surface area contributed by atoms with Crippen molar-refractivity contribution in [1.82, 2.24) is 0 Å². The first-order valence-corrected chi connectivity index (χ1v) is 8.86. The maximum Gasteiger partial charge on any atom is 0.127 e. The average Bonchev–Trinajstić information content (AvgIpc) is 2.61. The molecule has 2 aliphatic carbocycles. The van der Waals surface area contributed by atoms with Crippen LogP contribution in [0.1, 0.15) is 6.42 Å². The molecule has 5 atom stereocenters. The number of hydrogen-bond acceptors (Lipinski definition) is 0. The molecule has 106 valence electrons. The lowest BCUT2D eigenvalue weighted by Crippen LogP contribution is -2.55. The summed E-state index contributed by atoms with van der Waals surface area (Å²) in [6, 6.07) is 0. The Kier molecular flexibility index (Phi) is 4.82. The molecule has 2 bridgehead atoms. The van der Waals surface area contributed by atoms with Gasteiger partial charge >= 0.3 is 0 Å². The molecule has 0 aromatic rings. The molecule has 0 nitrogen and oxygen atoms in total. The van der Waals surface area contributed by atoms with Crippen LogP contribution in [0, 0.1) is 16.7 Å². The van der Waals surface area contributed by atoms with Crippen LogP contribution >= 0.6 is 92.8 Å². The van der Waals surface area contributed by atoms with Gasteiger partial charge in [-0.25, -0.2) is 0 Å². The van der Waals surface area contributed by atoms with Crippen molar-refractivity contribution in [2.45, 2.75) is 26.3 Å². The van der Waals surface area contributed by atoms with Gasteiger partial charge in [0, 0.05) is 22.6 Å². The predicted molar refractivity (Wildman–Crippen MR) is 83.6 cm³/mol. The standard InChI is InChI=1S/C10H10Cl8/c11-2-8(7(15)16)4-1-10(17,18)9(8,3-12)6(14)5(4)13/h4-7H,1-3H2/t4-,5-,6+,8?,9+/m0/s1. The van der Waals surface area contributed by atoms with Crippen molar-refractivity contribution in [3.63, 3.8) is 0 Å². The maximum atomic E-state index is 6.45. The van der Waals surface area contributed by atoms with Crippen LogP contribution in [0.25, 0.3) is 0 Å². The fraction of sp³-hybridized carbons (Fsp3) is 1.00. The number of fused-ring (bicyclic) bond motifs is 2. The monoisotopic (exact) mass is 410 g/mol. The van der Waals surface area contributed by atoms with Crippen molar-refractivity contribution in [3.05, 3.63) is 0 Å². The van der Waals surface area contributed by atoms with E-state index in [1.807, 2.05) is 0 Å². The molecular formula is C10H10Cl8. The van der Waals surface area contributed by atoms with Gasteiger partial charge in [-0.15, -0.1) is 92.8 Å². The van der Waals surface area contributed by atoms with E-state index in [0.717, 1.165) is 0 Å². The third-order valence-corrected chi connectivity index (χ3v) is 8.53. The Morgan fingerprint density at radius 3 is 1.94 bits per heavy atom. The van der Waals surface area contributed by atoms with Gasteiger partial charge in [-0.05, 0) is 12.3 Å². The molecule has 8 heteroatoms. The van der Waals surface area contributed by atoms with Crippen molar-refractivity contribution in [2.24, 2.45) is 16.7 Å². The Labute approximate surface area is 146 Å². The highest BCUT2D eigenvalue weighted by Gasteiger charge is 2.81. The number of halogens is 8. The Hall–Kier alpha value is 2.32. The Bertz CT molecular complexity index is 345. The lowest BCUT2D eigenvalue weighted by atomic mass is 9.69. The van der Waals surface area contributed by atoms with Crippen molar-refractivity contribution in [1.29, 1.82) is 0 Å². The summed E-state index contributed by atoms with van der Waals surface area (Å²) in [6.45, 7) is 0. The van der Waals surface area contributed by atoms with E-state index in [1.54, 1.807) is 0 Å². The van der Waals surface area contributed by atoms with E-state index < -0.39 is 25.4 Å². The van der Waals surface area contributed by atoms with Crippen molar-refractivity contribution in [2.75, 3.05) is 11.8 Å².